The van der Waals surface area contributed by atoms with Crippen molar-refractivity contribution in [3.05, 3.63) is 132 Å². The van der Waals surface area contributed by atoms with Gasteiger partial charge in [0.1, 0.15) is 0 Å². The van der Waals surface area contributed by atoms with Crippen LogP contribution in [0.25, 0.3) is 35.8 Å². The van der Waals surface area contributed by atoms with Crippen LogP contribution in [0, 0.1) is 0 Å². The van der Waals surface area contributed by atoms with E-state index < -0.39 is 5.76 Å². The second-order valence-corrected chi connectivity index (χ2v) is 12.5. The molecule has 9 nitrogen and oxygen atoms in total. The highest BCUT2D eigenvalue weighted by atomic mass is 35.5. The molecule has 0 radical (unpaired) electrons. The summed E-state index contributed by atoms with van der Waals surface area (Å²) in [5.74, 6) is -0.452. The molecule has 0 saturated heterocycles. The number of halogens is 2. The summed E-state index contributed by atoms with van der Waals surface area (Å²) in [5.41, 5.74) is 8.54. The smallest absolute Gasteiger partial charge is 0.388 e. The van der Waals surface area contributed by atoms with Crippen molar-refractivity contribution in [2.75, 3.05) is 9.80 Å². The summed E-state index contributed by atoms with van der Waals surface area (Å²) in [6.07, 6.45) is 7.77. The van der Waals surface area contributed by atoms with E-state index in [9.17, 15) is 19.2 Å². The first-order valence-electron chi connectivity index (χ1n) is 15.3. The molecule has 5 aromatic rings. The fraction of sp³-hybridized carbons (Fsp3) is 0.132. The summed E-state index contributed by atoms with van der Waals surface area (Å²) in [4.78, 5) is 50.5. The first-order chi connectivity index (χ1) is 23.5. The van der Waals surface area contributed by atoms with Crippen molar-refractivity contribution < 1.29 is 18.8 Å². The van der Waals surface area contributed by atoms with Crippen LogP contribution < -0.4 is 15.6 Å². The highest BCUT2D eigenvalue weighted by Crippen LogP contribution is 2.33. The molecule has 11 heteroatoms. The van der Waals surface area contributed by atoms with Crippen LogP contribution >= 0.6 is 23.2 Å². The number of rotatable bonds is 2. The Kier molecular flexibility index (Phi) is 9.49. The van der Waals surface area contributed by atoms with Crippen LogP contribution in [0.3, 0.4) is 0 Å². The van der Waals surface area contributed by atoms with E-state index in [-0.39, 0.29) is 23.5 Å². The highest BCUT2D eigenvalue weighted by Gasteiger charge is 2.21. The van der Waals surface area contributed by atoms with Crippen molar-refractivity contribution in [2.24, 2.45) is 0 Å². The number of amides is 2. The quantitative estimate of drug-likeness (QED) is 0.186. The van der Waals surface area contributed by atoms with E-state index in [4.69, 9.17) is 27.6 Å². The summed E-state index contributed by atoms with van der Waals surface area (Å²) >= 11 is 12.2. The van der Waals surface area contributed by atoms with Gasteiger partial charge in [-0.3, -0.25) is 14.4 Å². The van der Waals surface area contributed by atoms with Crippen molar-refractivity contribution >= 4 is 76.5 Å². The van der Waals surface area contributed by atoms with Gasteiger partial charge < -0.3 is 14.2 Å². The minimum atomic E-state index is -0.603. The van der Waals surface area contributed by atoms with Crippen molar-refractivity contribution in [3.63, 3.8) is 0 Å². The number of nitrogens with zero attached hydrogens (tertiary/aromatic N) is 3. The summed E-state index contributed by atoms with van der Waals surface area (Å²) in [6.45, 7) is 5.52. The van der Waals surface area contributed by atoms with Crippen molar-refractivity contribution in [1.29, 1.82) is 0 Å². The van der Waals surface area contributed by atoms with Gasteiger partial charge in [-0.15, -0.1) is 5.10 Å². The van der Waals surface area contributed by atoms with E-state index in [0.29, 0.717) is 34.3 Å². The van der Waals surface area contributed by atoms with Gasteiger partial charge in [-0.05, 0) is 94.9 Å². The predicted molar refractivity (Wildman–Crippen MR) is 193 cm³/mol. The van der Waals surface area contributed by atoms with E-state index in [2.05, 4.69) is 10.2 Å². The Morgan fingerprint density at radius 2 is 1.18 bits per heavy atom. The molecule has 0 fully saturated rings. The lowest BCUT2D eigenvalue weighted by Gasteiger charge is -2.26. The number of hydrogen-bond donors (Lipinski definition) is 1. The normalized spacial score (nSPS) is 13.6. The molecule has 1 aromatic heterocycles. The number of aromatic amines is 1. The molecule has 0 saturated carbocycles. The average molecular weight is 694 g/mol. The topological polar surface area (TPSA) is 117 Å². The Bertz CT molecular complexity index is 2250. The molecule has 0 spiro atoms. The SMILES string of the molecule is CC(=O)N1Cc2ccc(-c3n[nH]c(=O)o3)cc2/C=C\c2cc(Cl)ccc21.CC(=O)c1ccc2c(c1)C=Cc1cc(Cl)ccc1N(C(C)=O)C2. The maximum atomic E-state index is 12.2. The lowest BCUT2D eigenvalue weighted by Crippen LogP contribution is -2.29. The second kappa shape index (κ2) is 13.9. The number of carbonyl (C=O) groups excluding carboxylic acids is 3. The Morgan fingerprint density at radius 1 is 0.673 bits per heavy atom. The summed E-state index contributed by atoms with van der Waals surface area (Å²) in [6, 6.07) is 22.1. The lowest BCUT2D eigenvalue weighted by atomic mass is 9.98. The van der Waals surface area contributed by atoms with Gasteiger partial charge in [-0.2, -0.15) is 0 Å². The Labute approximate surface area is 292 Å². The number of nitrogens with one attached hydrogen (secondary N) is 1. The summed E-state index contributed by atoms with van der Waals surface area (Å²) in [7, 11) is 0. The third-order valence-electron chi connectivity index (χ3n) is 8.25. The number of ketones is 1. The Hall–Kier alpha value is -5.51. The van der Waals surface area contributed by atoms with Crippen molar-refractivity contribution in [2.45, 2.75) is 33.9 Å². The maximum Gasteiger partial charge on any atom is 0.434 e. The van der Waals surface area contributed by atoms with Crippen LogP contribution in [0.1, 0.15) is 64.5 Å². The summed E-state index contributed by atoms with van der Waals surface area (Å²) in [5, 5.41) is 7.33. The van der Waals surface area contributed by atoms with Crippen LogP contribution in [-0.4, -0.2) is 27.8 Å². The largest absolute Gasteiger partial charge is 0.434 e. The Balaban J connectivity index is 0.000000171. The molecule has 4 aromatic carbocycles. The molecule has 2 aliphatic rings. The first kappa shape index (κ1) is 33.4. The molecule has 3 heterocycles. The first-order valence-corrected chi connectivity index (χ1v) is 16.1. The molecule has 1 N–H and O–H groups in total. The maximum absolute atomic E-state index is 12.2. The molecule has 7 rings (SSSR count). The number of H-pyrrole nitrogens is 1. The standard InChI is InChI=1S/C19H14ClN3O3.C19H16ClNO2/c1-11(24)23-10-15-5-4-14(18-21-22-19(25)26-18)8-12(15)2-3-13-9-16(20)6-7-17(13)23;1-12(22)14-3-6-17-11-21(13(2)23)19-8-7-18(20)10-16(19)5-4-15(17)9-14/h2-9H,10H2,1H3,(H,22,25);3-10H,11H2,1-2H3/b3-2-;. The molecule has 0 unspecified atom stereocenters. The zero-order chi connectivity index (χ0) is 34.8. The van der Waals surface area contributed by atoms with Gasteiger partial charge in [-0.1, -0.05) is 65.7 Å². The van der Waals surface area contributed by atoms with Crippen molar-refractivity contribution in [1.82, 2.24) is 10.2 Å². The number of carbonyl (C=O) groups is 3. The van der Waals surface area contributed by atoms with E-state index in [0.717, 1.165) is 44.8 Å². The number of hydrogen-bond acceptors (Lipinski definition) is 6. The molecule has 0 atom stereocenters. The zero-order valence-corrected chi connectivity index (χ0v) is 28.3. The minimum absolute atomic E-state index is 0.0233. The van der Waals surface area contributed by atoms with Gasteiger partial charge in [0.05, 0.1) is 24.5 Å². The number of aromatic nitrogens is 2. The third kappa shape index (κ3) is 7.33. The van der Waals surface area contributed by atoms with Crippen molar-refractivity contribution in [3.8, 4) is 11.5 Å². The molecular weight excluding hydrogens is 663 g/mol. The van der Waals surface area contributed by atoms with Gasteiger partial charge in [-0.25, -0.2) is 9.89 Å². The fourth-order valence-electron chi connectivity index (χ4n) is 5.73. The van der Waals surface area contributed by atoms with Gasteiger partial charge in [0.15, 0.2) is 5.78 Å². The predicted octanol–water partition coefficient (Wildman–Crippen LogP) is 8.30. The molecule has 0 bridgehead atoms. The van der Waals surface area contributed by atoms with E-state index in [1.54, 1.807) is 41.8 Å². The zero-order valence-electron chi connectivity index (χ0n) is 26.8. The Morgan fingerprint density at radius 3 is 1.67 bits per heavy atom. The number of benzene rings is 4. The molecule has 49 heavy (non-hydrogen) atoms. The second-order valence-electron chi connectivity index (χ2n) is 11.6. The molecule has 246 valence electrons. The van der Waals surface area contributed by atoms with Crippen LogP contribution in [0.4, 0.5) is 11.4 Å². The van der Waals surface area contributed by atoms with Gasteiger partial charge in [0.2, 0.25) is 17.7 Å². The monoisotopic (exact) mass is 692 g/mol. The van der Waals surface area contributed by atoms with Gasteiger partial charge in [0, 0.05) is 35.0 Å². The highest BCUT2D eigenvalue weighted by molar-refractivity contribution is 6.31. The van der Waals surface area contributed by atoms with Gasteiger partial charge >= 0.3 is 5.76 Å². The minimum Gasteiger partial charge on any atom is -0.388 e. The van der Waals surface area contributed by atoms with Crippen LogP contribution in [0.5, 0.6) is 0 Å². The fourth-order valence-corrected chi connectivity index (χ4v) is 6.10. The molecule has 2 amide bonds. The third-order valence-corrected chi connectivity index (χ3v) is 8.72. The van der Waals surface area contributed by atoms with Crippen LogP contribution in [0.2, 0.25) is 10.0 Å². The molecule has 0 aliphatic carbocycles. The molecule has 2 aliphatic heterocycles. The van der Waals surface area contributed by atoms with E-state index in [1.165, 1.54) is 6.92 Å². The summed E-state index contributed by atoms with van der Waals surface area (Å²) < 4.78 is 5.02. The number of Topliss-reactive ketones (excluding diaryl/α,β-unsaturated/α-hetero) is 1. The van der Waals surface area contributed by atoms with Gasteiger partial charge in [0.25, 0.3) is 0 Å². The number of anilines is 2. The van der Waals surface area contributed by atoms with Crippen LogP contribution in [0.15, 0.2) is 82.0 Å². The lowest BCUT2D eigenvalue weighted by molar-refractivity contribution is -0.117. The van der Waals surface area contributed by atoms with E-state index in [1.807, 2.05) is 78.9 Å². The number of fused-ring (bicyclic) bond motifs is 4. The van der Waals surface area contributed by atoms with Crippen LogP contribution in [-0.2, 0) is 22.7 Å². The van der Waals surface area contributed by atoms with E-state index >= 15 is 0 Å². The average Bonchev–Trinajstić information content (AvgIpc) is 3.49. The molecular formula is C38H30Cl2N4O5.